The first-order chi connectivity index (χ1) is 13.4. The van der Waals surface area contributed by atoms with Gasteiger partial charge in [-0.1, -0.05) is 36.4 Å². The first-order valence-electron chi connectivity index (χ1n) is 8.37. The summed E-state index contributed by atoms with van der Waals surface area (Å²) in [6.45, 7) is 1.36. The molecule has 0 saturated carbocycles. The van der Waals surface area contributed by atoms with E-state index in [1.807, 2.05) is 42.5 Å². The Morgan fingerprint density at radius 3 is 2.36 bits per heavy atom. The number of benzene rings is 3. The molecule has 142 valence electrons. The molecular weight excluding hydrogens is 426 g/mol. The van der Waals surface area contributed by atoms with E-state index in [-0.39, 0.29) is 12.3 Å². The highest BCUT2D eigenvalue weighted by atomic mass is 79.9. The second-order valence-electron chi connectivity index (χ2n) is 5.98. The fourth-order valence-electron chi connectivity index (χ4n) is 2.59. The largest absolute Gasteiger partial charge is 0.482 e. The van der Waals surface area contributed by atoms with E-state index >= 15 is 0 Å². The number of non-ortho nitro benzene ring substituents is 1. The molecule has 0 saturated heterocycles. The second-order valence-corrected chi connectivity index (χ2v) is 6.84. The highest BCUT2D eigenvalue weighted by Gasteiger charge is 2.13. The van der Waals surface area contributed by atoms with Crippen LogP contribution in [0.1, 0.15) is 5.56 Å². The van der Waals surface area contributed by atoms with Crippen molar-refractivity contribution in [2.75, 3.05) is 6.61 Å². The van der Waals surface area contributed by atoms with Gasteiger partial charge >= 0.3 is 5.97 Å². The van der Waals surface area contributed by atoms with Crippen LogP contribution >= 0.6 is 15.9 Å². The molecule has 0 fully saturated rings. The first kappa shape index (κ1) is 19.6. The van der Waals surface area contributed by atoms with Crippen LogP contribution in [0.5, 0.6) is 11.5 Å². The Morgan fingerprint density at radius 1 is 1.00 bits per heavy atom. The lowest BCUT2D eigenvalue weighted by Gasteiger charge is -2.11. The molecule has 0 unspecified atom stereocenters. The molecule has 7 heteroatoms. The standard InChI is InChI=1S/C21H16BrNO5/c1-14-11-17(23(25)26)8-10-19(14)27-13-21(24)28-20-9-7-16(12-18(20)22)15-5-3-2-4-6-15/h2-12H,13H2,1H3. The van der Waals surface area contributed by atoms with Gasteiger partial charge in [-0.25, -0.2) is 4.79 Å². The highest BCUT2D eigenvalue weighted by Crippen LogP contribution is 2.31. The Hall–Kier alpha value is -3.19. The Bertz CT molecular complexity index is 1020. The lowest BCUT2D eigenvalue weighted by Crippen LogP contribution is -2.18. The van der Waals surface area contributed by atoms with Crippen molar-refractivity contribution in [3.8, 4) is 22.6 Å². The van der Waals surface area contributed by atoms with Gasteiger partial charge in [-0.05, 0) is 57.7 Å². The van der Waals surface area contributed by atoms with Gasteiger partial charge in [-0.15, -0.1) is 0 Å². The van der Waals surface area contributed by atoms with Crippen molar-refractivity contribution in [1.29, 1.82) is 0 Å². The smallest absolute Gasteiger partial charge is 0.349 e. The summed E-state index contributed by atoms with van der Waals surface area (Å²) in [6.07, 6.45) is 0. The summed E-state index contributed by atoms with van der Waals surface area (Å²) in [4.78, 5) is 22.4. The van der Waals surface area contributed by atoms with Crippen molar-refractivity contribution < 1.29 is 19.2 Å². The summed E-state index contributed by atoms with van der Waals surface area (Å²) >= 11 is 3.42. The number of aryl methyl sites for hydroxylation is 1. The first-order valence-corrected chi connectivity index (χ1v) is 9.17. The summed E-state index contributed by atoms with van der Waals surface area (Å²) in [7, 11) is 0. The third-order valence-corrected chi connectivity index (χ3v) is 4.60. The third-order valence-electron chi connectivity index (χ3n) is 3.98. The molecule has 0 aliphatic carbocycles. The van der Waals surface area contributed by atoms with Crippen LogP contribution in [-0.2, 0) is 4.79 Å². The number of rotatable bonds is 6. The van der Waals surface area contributed by atoms with E-state index in [0.717, 1.165) is 11.1 Å². The second kappa shape index (κ2) is 8.67. The number of nitrogens with zero attached hydrogens (tertiary/aromatic N) is 1. The zero-order chi connectivity index (χ0) is 20.1. The van der Waals surface area contributed by atoms with Gasteiger partial charge in [0.15, 0.2) is 6.61 Å². The van der Waals surface area contributed by atoms with Gasteiger partial charge in [-0.3, -0.25) is 10.1 Å². The van der Waals surface area contributed by atoms with E-state index < -0.39 is 10.9 Å². The van der Waals surface area contributed by atoms with Crippen LogP contribution < -0.4 is 9.47 Å². The maximum absolute atomic E-state index is 12.1. The number of hydrogen-bond donors (Lipinski definition) is 0. The lowest BCUT2D eigenvalue weighted by atomic mass is 10.1. The number of nitro benzene ring substituents is 1. The molecule has 0 heterocycles. The highest BCUT2D eigenvalue weighted by molar-refractivity contribution is 9.10. The van der Waals surface area contributed by atoms with Gasteiger partial charge in [0.2, 0.25) is 0 Å². The minimum Gasteiger partial charge on any atom is -0.482 e. The average Bonchev–Trinajstić information content (AvgIpc) is 2.69. The van der Waals surface area contributed by atoms with Crippen LogP contribution in [0.3, 0.4) is 0 Å². The van der Waals surface area contributed by atoms with Crippen LogP contribution in [0.15, 0.2) is 71.2 Å². The van der Waals surface area contributed by atoms with Crippen molar-refractivity contribution >= 4 is 27.6 Å². The van der Waals surface area contributed by atoms with Gasteiger partial charge in [-0.2, -0.15) is 0 Å². The summed E-state index contributed by atoms with van der Waals surface area (Å²) in [5.74, 6) is 0.195. The molecule has 0 aliphatic heterocycles. The van der Waals surface area contributed by atoms with E-state index in [9.17, 15) is 14.9 Å². The molecule has 0 N–H and O–H groups in total. The lowest BCUT2D eigenvalue weighted by molar-refractivity contribution is -0.384. The van der Waals surface area contributed by atoms with Crippen molar-refractivity contribution in [3.63, 3.8) is 0 Å². The molecule has 6 nitrogen and oxygen atoms in total. The molecule has 0 bridgehead atoms. The zero-order valence-electron chi connectivity index (χ0n) is 14.9. The number of carbonyl (C=O) groups excluding carboxylic acids is 1. The fourth-order valence-corrected chi connectivity index (χ4v) is 3.05. The molecule has 0 spiro atoms. The normalized spacial score (nSPS) is 10.4. The third kappa shape index (κ3) is 4.75. The average molecular weight is 442 g/mol. The predicted molar refractivity (Wildman–Crippen MR) is 109 cm³/mol. The van der Waals surface area contributed by atoms with E-state index in [0.29, 0.717) is 21.5 Å². The molecule has 3 aromatic rings. The van der Waals surface area contributed by atoms with E-state index in [1.54, 1.807) is 13.0 Å². The predicted octanol–water partition coefficient (Wildman–Crippen LogP) is 5.32. The minimum atomic E-state index is -0.578. The Kier molecular flexibility index (Phi) is 6.06. The van der Waals surface area contributed by atoms with Gasteiger partial charge in [0, 0.05) is 12.1 Å². The van der Waals surface area contributed by atoms with E-state index in [2.05, 4.69) is 15.9 Å². The van der Waals surface area contributed by atoms with Crippen LogP contribution in [0, 0.1) is 17.0 Å². The quantitative estimate of drug-likeness (QED) is 0.224. The molecule has 0 atom stereocenters. The molecule has 3 rings (SSSR count). The van der Waals surface area contributed by atoms with Crippen LogP contribution in [-0.4, -0.2) is 17.5 Å². The van der Waals surface area contributed by atoms with E-state index in [4.69, 9.17) is 9.47 Å². The summed E-state index contributed by atoms with van der Waals surface area (Å²) in [5, 5.41) is 10.8. The molecule has 28 heavy (non-hydrogen) atoms. The maximum atomic E-state index is 12.1. The van der Waals surface area contributed by atoms with Crippen LogP contribution in [0.25, 0.3) is 11.1 Å². The maximum Gasteiger partial charge on any atom is 0.349 e. The van der Waals surface area contributed by atoms with Crippen molar-refractivity contribution in [1.82, 2.24) is 0 Å². The van der Waals surface area contributed by atoms with Gasteiger partial charge in [0.1, 0.15) is 11.5 Å². The van der Waals surface area contributed by atoms with Crippen molar-refractivity contribution in [2.24, 2.45) is 0 Å². The summed E-state index contributed by atoms with van der Waals surface area (Å²) in [5.41, 5.74) is 2.58. The fraction of sp³-hybridized carbons (Fsp3) is 0.0952. The minimum absolute atomic E-state index is 0.0325. The number of hydrogen-bond acceptors (Lipinski definition) is 5. The van der Waals surface area contributed by atoms with Crippen molar-refractivity contribution in [3.05, 3.63) is 86.9 Å². The zero-order valence-corrected chi connectivity index (χ0v) is 16.5. The number of carbonyl (C=O) groups is 1. The van der Waals surface area contributed by atoms with E-state index in [1.165, 1.54) is 18.2 Å². The van der Waals surface area contributed by atoms with Crippen molar-refractivity contribution in [2.45, 2.75) is 6.92 Å². The Labute approximate surface area is 170 Å². The van der Waals surface area contributed by atoms with Gasteiger partial charge in [0.25, 0.3) is 5.69 Å². The number of halogens is 1. The Morgan fingerprint density at radius 2 is 1.71 bits per heavy atom. The number of nitro groups is 1. The Balaban J connectivity index is 1.63. The summed E-state index contributed by atoms with van der Waals surface area (Å²) in [6, 6.07) is 19.5. The molecular formula is C21H16BrNO5. The summed E-state index contributed by atoms with van der Waals surface area (Å²) < 4.78 is 11.4. The van der Waals surface area contributed by atoms with Crippen LogP contribution in [0.2, 0.25) is 0 Å². The SMILES string of the molecule is Cc1cc([N+](=O)[O-])ccc1OCC(=O)Oc1ccc(-c2ccccc2)cc1Br. The molecule has 0 amide bonds. The van der Waals surface area contributed by atoms with Gasteiger partial charge in [0.05, 0.1) is 9.40 Å². The van der Waals surface area contributed by atoms with Gasteiger partial charge < -0.3 is 9.47 Å². The van der Waals surface area contributed by atoms with Crippen LogP contribution in [0.4, 0.5) is 5.69 Å². The molecule has 0 radical (unpaired) electrons. The monoisotopic (exact) mass is 441 g/mol. The number of esters is 1. The topological polar surface area (TPSA) is 78.7 Å². The number of ether oxygens (including phenoxy) is 2. The molecule has 3 aromatic carbocycles. The molecule has 0 aliphatic rings. The molecule has 0 aromatic heterocycles.